The molecule has 0 unspecified atom stereocenters. The summed E-state index contributed by atoms with van der Waals surface area (Å²) in [4.78, 5) is 0. The van der Waals surface area contributed by atoms with Crippen molar-refractivity contribution in [3.05, 3.63) is 35.9 Å². The Morgan fingerprint density at radius 2 is 1.33 bits per heavy atom. The van der Waals surface area contributed by atoms with Gasteiger partial charge in [0.2, 0.25) is 16.6 Å². The summed E-state index contributed by atoms with van der Waals surface area (Å²) >= 11 is 7.22. The molecule has 2 rings (SSSR count). The Morgan fingerprint density at radius 3 is 1.73 bits per heavy atom. The Morgan fingerprint density at radius 1 is 0.879 bits per heavy atom. The fourth-order valence-corrected chi connectivity index (χ4v) is 19.1. The lowest BCUT2D eigenvalue weighted by atomic mass is 10.0. The lowest BCUT2D eigenvalue weighted by Gasteiger charge is -2.52. The molecule has 0 spiro atoms. The standard InChI is InChI=1S/C28H51ClO2Si2/c1-20(2)33(21(3)4,22(5)6)30-25-18-24(29)19-32(27(7,8)9,28(10,11)12)31-26(25)23-16-14-13-15-17-23/h13-17,20-22,24-26H,18-19H2,1-12H3/t24-,25+,26-/m1/s1. The normalized spacial score (nSPS) is 25.0. The summed E-state index contributed by atoms with van der Waals surface area (Å²) in [6.45, 7) is 28.4. The summed E-state index contributed by atoms with van der Waals surface area (Å²) in [5, 5.41) is 0.179. The molecule has 0 amide bonds. The third-order valence-corrected chi connectivity index (χ3v) is 21.6. The van der Waals surface area contributed by atoms with Gasteiger partial charge >= 0.3 is 0 Å². The van der Waals surface area contributed by atoms with Gasteiger partial charge in [0.15, 0.2) is 0 Å². The van der Waals surface area contributed by atoms with E-state index in [1.54, 1.807) is 0 Å². The van der Waals surface area contributed by atoms with Crippen LogP contribution in [0.15, 0.2) is 30.3 Å². The van der Waals surface area contributed by atoms with Gasteiger partial charge in [0.25, 0.3) is 0 Å². The number of benzene rings is 1. The molecule has 1 saturated heterocycles. The predicted octanol–water partition coefficient (Wildman–Crippen LogP) is 9.86. The van der Waals surface area contributed by atoms with Crippen molar-refractivity contribution < 1.29 is 8.85 Å². The van der Waals surface area contributed by atoms with Crippen molar-refractivity contribution in [2.75, 3.05) is 0 Å². The van der Waals surface area contributed by atoms with Crippen LogP contribution in [0, 0.1) is 0 Å². The fourth-order valence-electron chi connectivity index (χ4n) is 6.91. The minimum absolute atomic E-state index is 0.0205. The molecule has 5 heteroatoms. The van der Waals surface area contributed by atoms with Crippen LogP contribution in [0.25, 0.3) is 0 Å². The van der Waals surface area contributed by atoms with E-state index in [1.165, 1.54) is 5.56 Å². The fraction of sp³-hybridized carbons (Fsp3) is 0.786. The van der Waals surface area contributed by atoms with E-state index in [9.17, 15) is 0 Å². The second kappa shape index (κ2) is 10.5. The highest BCUT2D eigenvalue weighted by molar-refractivity contribution is 6.80. The molecule has 190 valence electrons. The summed E-state index contributed by atoms with van der Waals surface area (Å²) < 4.78 is 15.0. The van der Waals surface area contributed by atoms with Gasteiger partial charge in [-0.05, 0) is 44.7 Å². The minimum Gasteiger partial charge on any atom is -0.410 e. The van der Waals surface area contributed by atoms with Gasteiger partial charge in [-0.1, -0.05) is 113 Å². The third-order valence-electron chi connectivity index (χ3n) is 8.28. The molecular formula is C28H51ClO2Si2. The maximum atomic E-state index is 7.53. The van der Waals surface area contributed by atoms with Gasteiger partial charge in [-0.3, -0.25) is 0 Å². The van der Waals surface area contributed by atoms with Crippen LogP contribution in [0.5, 0.6) is 0 Å². The summed E-state index contributed by atoms with van der Waals surface area (Å²) in [5.74, 6) is 0. The maximum absolute atomic E-state index is 7.53. The number of hydrogen-bond donors (Lipinski definition) is 0. The first-order valence-electron chi connectivity index (χ1n) is 13.0. The number of alkyl halides is 1. The van der Waals surface area contributed by atoms with Crippen molar-refractivity contribution in [1.29, 1.82) is 0 Å². The highest BCUT2D eigenvalue weighted by atomic mass is 35.5. The molecule has 1 fully saturated rings. The zero-order valence-corrected chi connectivity index (χ0v) is 26.2. The molecule has 0 bridgehead atoms. The smallest absolute Gasteiger partial charge is 0.205 e. The maximum Gasteiger partial charge on any atom is 0.205 e. The van der Waals surface area contributed by atoms with E-state index >= 15 is 0 Å². The summed E-state index contributed by atoms with van der Waals surface area (Å²) in [5.41, 5.74) is 2.81. The van der Waals surface area contributed by atoms with Gasteiger partial charge < -0.3 is 8.85 Å². The van der Waals surface area contributed by atoms with Crippen LogP contribution in [0.3, 0.4) is 0 Å². The zero-order valence-electron chi connectivity index (χ0n) is 23.5. The molecule has 0 saturated carbocycles. The lowest BCUT2D eigenvalue weighted by molar-refractivity contribution is 0.0300. The van der Waals surface area contributed by atoms with Crippen molar-refractivity contribution >= 4 is 28.2 Å². The molecule has 1 aromatic rings. The average molecular weight is 511 g/mol. The molecule has 33 heavy (non-hydrogen) atoms. The van der Waals surface area contributed by atoms with E-state index in [-0.39, 0.29) is 27.7 Å². The van der Waals surface area contributed by atoms with Crippen LogP contribution in [-0.2, 0) is 8.85 Å². The van der Waals surface area contributed by atoms with E-state index < -0.39 is 16.6 Å². The van der Waals surface area contributed by atoms with Crippen LogP contribution >= 0.6 is 11.6 Å². The molecule has 1 heterocycles. The molecule has 0 aromatic heterocycles. The van der Waals surface area contributed by atoms with Gasteiger partial charge in [-0.2, -0.15) is 0 Å². The highest BCUT2D eigenvalue weighted by Gasteiger charge is 2.60. The second-order valence-electron chi connectivity index (χ2n) is 13.3. The molecule has 3 atom stereocenters. The second-order valence-corrected chi connectivity index (χ2v) is 24.6. The Bertz CT molecular complexity index is 714. The topological polar surface area (TPSA) is 18.5 Å². The van der Waals surface area contributed by atoms with Crippen LogP contribution < -0.4 is 0 Å². The van der Waals surface area contributed by atoms with Gasteiger partial charge in [-0.15, -0.1) is 11.6 Å². The van der Waals surface area contributed by atoms with E-state index in [4.69, 9.17) is 20.5 Å². The van der Waals surface area contributed by atoms with Crippen LogP contribution in [-0.4, -0.2) is 28.1 Å². The van der Waals surface area contributed by atoms with Gasteiger partial charge in [0.05, 0.1) is 12.2 Å². The first kappa shape index (κ1) is 29.1. The molecule has 2 nitrogen and oxygen atoms in total. The van der Waals surface area contributed by atoms with Crippen LogP contribution in [0.2, 0.25) is 32.7 Å². The zero-order chi connectivity index (χ0) is 25.4. The first-order chi connectivity index (χ1) is 15.0. The molecule has 0 N–H and O–H groups in total. The van der Waals surface area contributed by atoms with Crippen LogP contribution in [0.1, 0.15) is 101 Å². The molecule has 0 radical (unpaired) electrons. The Balaban J connectivity index is 2.71. The number of halogens is 1. The Labute approximate surface area is 212 Å². The van der Waals surface area contributed by atoms with Gasteiger partial charge in [0, 0.05) is 5.38 Å². The number of rotatable bonds is 6. The van der Waals surface area contributed by atoms with Crippen molar-refractivity contribution in [2.45, 2.75) is 140 Å². The number of hydrogen-bond acceptors (Lipinski definition) is 2. The monoisotopic (exact) mass is 510 g/mol. The Kier molecular flexibility index (Phi) is 9.22. The third kappa shape index (κ3) is 5.66. The molecule has 1 aliphatic heterocycles. The largest absolute Gasteiger partial charge is 0.410 e. The molecular weight excluding hydrogens is 460 g/mol. The average Bonchev–Trinajstić information content (AvgIpc) is 2.82. The van der Waals surface area contributed by atoms with E-state index in [2.05, 4.69) is 113 Å². The minimum atomic E-state index is -2.34. The van der Waals surface area contributed by atoms with E-state index in [1.807, 2.05) is 0 Å². The van der Waals surface area contributed by atoms with Crippen LogP contribution in [0.4, 0.5) is 0 Å². The van der Waals surface area contributed by atoms with Crippen molar-refractivity contribution in [3.8, 4) is 0 Å². The van der Waals surface area contributed by atoms with Gasteiger partial charge in [0.1, 0.15) is 0 Å². The highest BCUT2D eigenvalue weighted by Crippen LogP contribution is 2.59. The Hall–Kier alpha value is -0.136. The quantitative estimate of drug-likeness (QED) is 0.280. The SMILES string of the molecule is CC(C)[Si](O[C@H]1C[C@@H](Cl)C[Si](C(C)(C)C)(C(C)(C)C)O[C@@H]1c1ccccc1)(C(C)C)C(C)C. The van der Waals surface area contributed by atoms with Crippen molar-refractivity contribution in [2.24, 2.45) is 0 Å². The summed E-state index contributed by atoms with van der Waals surface area (Å²) in [6, 6.07) is 11.8. The summed E-state index contributed by atoms with van der Waals surface area (Å²) in [7, 11) is -4.44. The summed E-state index contributed by atoms with van der Waals surface area (Å²) in [6.07, 6.45) is 0.749. The molecule has 0 aliphatic carbocycles. The first-order valence-corrected chi connectivity index (χ1v) is 17.7. The van der Waals surface area contributed by atoms with Crippen molar-refractivity contribution in [1.82, 2.24) is 0 Å². The van der Waals surface area contributed by atoms with E-state index in [0.717, 1.165) is 12.5 Å². The van der Waals surface area contributed by atoms with E-state index in [0.29, 0.717) is 16.6 Å². The molecule has 1 aromatic carbocycles. The lowest BCUT2D eigenvalue weighted by Crippen LogP contribution is -2.56. The molecule has 1 aliphatic rings. The predicted molar refractivity (Wildman–Crippen MR) is 150 cm³/mol. The van der Waals surface area contributed by atoms with Crippen molar-refractivity contribution in [3.63, 3.8) is 0 Å². The van der Waals surface area contributed by atoms with Gasteiger partial charge in [-0.25, -0.2) is 0 Å².